The van der Waals surface area contributed by atoms with Crippen molar-refractivity contribution in [2.75, 3.05) is 0 Å². The largest absolute Gasteiger partial charge is 0.0758 e. The maximum atomic E-state index is 2.58. The first kappa shape index (κ1) is 30.4. The molecule has 0 nitrogen and oxygen atoms in total. The van der Waals surface area contributed by atoms with E-state index in [0.717, 1.165) is 0 Å². The maximum Gasteiger partial charge on any atom is 0.00959 e. The molecule has 11 rings (SSSR count). The molecule has 0 fully saturated rings. The van der Waals surface area contributed by atoms with Crippen LogP contribution in [0.25, 0.3) is 81.7 Å². The molecule has 9 aromatic rings. The number of allylic oxidation sites excluding steroid dienone is 4. The van der Waals surface area contributed by atoms with Crippen LogP contribution in [0.5, 0.6) is 0 Å². The van der Waals surface area contributed by atoms with E-state index in [1.54, 1.807) is 0 Å². The van der Waals surface area contributed by atoms with Crippen LogP contribution < -0.4 is 0 Å². The van der Waals surface area contributed by atoms with E-state index in [9.17, 15) is 0 Å². The van der Waals surface area contributed by atoms with Gasteiger partial charge in [-0.1, -0.05) is 178 Å². The van der Waals surface area contributed by atoms with Crippen molar-refractivity contribution in [1.82, 2.24) is 0 Å². The summed E-state index contributed by atoms with van der Waals surface area (Å²) in [5.74, 6) is 0.758. The van der Waals surface area contributed by atoms with E-state index in [2.05, 4.69) is 196 Å². The van der Waals surface area contributed by atoms with Gasteiger partial charge < -0.3 is 0 Å². The molecule has 9 aromatic carbocycles. The SMILES string of the molecule is CC1(C)c2c(ccc3ccccc23)C2C=CC(c3ccc4c(-c5ccc6ccccc6c5)c5ccccc5c(-c5ccc6ccccc6c5)c4c3)=CC21. The molecule has 0 N–H and O–H groups in total. The van der Waals surface area contributed by atoms with Gasteiger partial charge in [0.05, 0.1) is 0 Å². The maximum absolute atomic E-state index is 2.58. The normalized spacial score (nSPS) is 17.4. The van der Waals surface area contributed by atoms with Crippen LogP contribution in [0.1, 0.15) is 36.5 Å². The lowest BCUT2D eigenvalue weighted by molar-refractivity contribution is 0.397. The molecule has 2 unspecified atom stereocenters. The van der Waals surface area contributed by atoms with E-state index in [1.807, 2.05) is 0 Å². The summed E-state index contributed by atoms with van der Waals surface area (Å²) < 4.78 is 0. The molecule has 53 heavy (non-hydrogen) atoms. The van der Waals surface area contributed by atoms with E-state index in [0.29, 0.717) is 11.8 Å². The van der Waals surface area contributed by atoms with Gasteiger partial charge in [0.25, 0.3) is 0 Å². The van der Waals surface area contributed by atoms with E-state index < -0.39 is 0 Å². The van der Waals surface area contributed by atoms with Crippen LogP contribution >= 0.6 is 0 Å². The van der Waals surface area contributed by atoms with Gasteiger partial charge >= 0.3 is 0 Å². The Morgan fingerprint density at radius 2 is 0.925 bits per heavy atom. The molecular formula is C53H38. The zero-order valence-electron chi connectivity index (χ0n) is 30.0. The van der Waals surface area contributed by atoms with Crippen LogP contribution in [0.2, 0.25) is 0 Å². The van der Waals surface area contributed by atoms with Crippen molar-refractivity contribution < 1.29 is 0 Å². The molecule has 250 valence electrons. The summed E-state index contributed by atoms with van der Waals surface area (Å²) in [4.78, 5) is 0. The van der Waals surface area contributed by atoms with Crippen LogP contribution in [0.15, 0.2) is 182 Å². The monoisotopic (exact) mass is 674 g/mol. The molecule has 0 aliphatic heterocycles. The Morgan fingerprint density at radius 1 is 0.415 bits per heavy atom. The topological polar surface area (TPSA) is 0 Å². The van der Waals surface area contributed by atoms with Crippen molar-refractivity contribution >= 4 is 59.4 Å². The van der Waals surface area contributed by atoms with Crippen molar-refractivity contribution in [3.05, 3.63) is 199 Å². The van der Waals surface area contributed by atoms with Crippen molar-refractivity contribution in [3.63, 3.8) is 0 Å². The molecule has 0 heteroatoms. The lowest BCUT2D eigenvalue weighted by atomic mass is 9.72. The molecule has 0 spiro atoms. The summed E-state index contributed by atoms with van der Waals surface area (Å²) in [7, 11) is 0. The number of hydrogen-bond donors (Lipinski definition) is 0. The lowest BCUT2D eigenvalue weighted by Crippen LogP contribution is -2.25. The molecule has 0 heterocycles. The third-order valence-electron chi connectivity index (χ3n) is 12.5. The van der Waals surface area contributed by atoms with Gasteiger partial charge in [-0.15, -0.1) is 0 Å². The highest BCUT2D eigenvalue weighted by Gasteiger charge is 2.46. The van der Waals surface area contributed by atoms with Crippen LogP contribution in [-0.4, -0.2) is 0 Å². The van der Waals surface area contributed by atoms with E-state index in [1.165, 1.54) is 98.4 Å². The summed E-state index contributed by atoms with van der Waals surface area (Å²) >= 11 is 0. The number of fused-ring (bicyclic) bond motifs is 9. The molecule has 0 aromatic heterocycles. The average Bonchev–Trinajstić information content (AvgIpc) is 3.44. The second-order valence-electron chi connectivity index (χ2n) is 15.7. The minimum absolute atomic E-state index is 0.00340. The Morgan fingerprint density at radius 3 is 1.58 bits per heavy atom. The summed E-state index contributed by atoms with van der Waals surface area (Å²) in [5, 5.41) is 12.9. The molecule has 2 aliphatic rings. The Bertz CT molecular complexity index is 3040. The second-order valence-corrected chi connectivity index (χ2v) is 15.7. The molecule has 0 saturated carbocycles. The fourth-order valence-electron chi connectivity index (χ4n) is 9.95. The van der Waals surface area contributed by atoms with E-state index in [4.69, 9.17) is 0 Å². The highest BCUT2D eigenvalue weighted by atomic mass is 14.5. The van der Waals surface area contributed by atoms with Gasteiger partial charge in [0, 0.05) is 5.92 Å². The zero-order chi connectivity index (χ0) is 35.3. The van der Waals surface area contributed by atoms with Crippen molar-refractivity contribution in [1.29, 1.82) is 0 Å². The number of benzene rings is 9. The molecular weight excluding hydrogens is 637 g/mol. The fourth-order valence-corrected chi connectivity index (χ4v) is 9.95. The summed E-state index contributed by atoms with van der Waals surface area (Å²) in [6, 6.07) is 61.2. The highest BCUT2D eigenvalue weighted by Crippen LogP contribution is 2.56. The summed E-state index contributed by atoms with van der Waals surface area (Å²) in [6.07, 6.45) is 7.46. The number of hydrogen-bond acceptors (Lipinski definition) is 0. The molecule has 0 saturated heterocycles. The average molecular weight is 675 g/mol. The van der Waals surface area contributed by atoms with Crippen molar-refractivity contribution in [2.24, 2.45) is 5.92 Å². The van der Waals surface area contributed by atoms with Crippen LogP contribution in [0.3, 0.4) is 0 Å². The van der Waals surface area contributed by atoms with Gasteiger partial charge in [0.15, 0.2) is 0 Å². The van der Waals surface area contributed by atoms with Crippen LogP contribution in [0, 0.1) is 5.92 Å². The quantitative estimate of drug-likeness (QED) is 0.164. The first-order valence-electron chi connectivity index (χ1n) is 18.9. The lowest BCUT2D eigenvalue weighted by Gasteiger charge is -2.31. The Hall–Kier alpha value is -6.24. The first-order valence-corrected chi connectivity index (χ1v) is 18.9. The first-order chi connectivity index (χ1) is 26.0. The van der Waals surface area contributed by atoms with Gasteiger partial charge in [0.1, 0.15) is 0 Å². The minimum atomic E-state index is 0.00340. The second kappa shape index (κ2) is 11.4. The van der Waals surface area contributed by atoms with E-state index >= 15 is 0 Å². The smallest absolute Gasteiger partial charge is 0.00959 e. The van der Waals surface area contributed by atoms with Gasteiger partial charge in [-0.25, -0.2) is 0 Å². The van der Waals surface area contributed by atoms with Crippen molar-refractivity contribution in [3.8, 4) is 22.3 Å². The van der Waals surface area contributed by atoms with Crippen LogP contribution in [-0.2, 0) is 5.41 Å². The van der Waals surface area contributed by atoms with E-state index in [-0.39, 0.29) is 5.41 Å². The van der Waals surface area contributed by atoms with Crippen LogP contribution in [0.4, 0.5) is 0 Å². The predicted octanol–water partition coefficient (Wildman–Crippen LogP) is 14.4. The number of rotatable bonds is 3. The van der Waals surface area contributed by atoms with Gasteiger partial charge in [-0.05, 0) is 128 Å². The Labute approximate surface area is 310 Å². The van der Waals surface area contributed by atoms with Gasteiger partial charge in [0.2, 0.25) is 0 Å². The molecule has 0 bridgehead atoms. The minimum Gasteiger partial charge on any atom is -0.0758 e. The van der Waals surface area contributed by atoms with Gasteiger partial charge in [-0.2, -0.15) is 0 Å². The standard InChI is InChI=1S/C53H38/c1-53(2)49-32-39(24-26-43(49)47-28-23-35-13-7-8-16-42(35)52(47)53)38-25-27-46-48(31-38)51(41-22-20-34-12-4-6-15-37(34)30-41)45-18-10-9-17-44(45)50(46)40-21-19-33-11-3-5-14-36(33)29-40/h3-32,43,49H,1-2H3. The third kappa shape index (κ3) is 4.55. The molecule has 2 atom stereocenters. The highest BCUT2D eigenvalue weighted by molar-refractivity contribution is 6.22. The summed E-state index contributed by atoms with van der Waals surface area (Å²) in [5.41, 5.74) is 10.7. The Balaban J connectivity index is 1.15. The predicted molar refractivity (Wildman–Crippen MR) is 228 cm³/mol. The van der Waals surface area contributed by atoms with Gasteiger partial charge in [-0.3, -0.25) is 0 Å². The molecule has 2 aliphatic carbocycles. The van der Waals surface area contributed by atoms with Crippen molar-refractivity contribution in [2.45, 2.75) is 25.2 Å². The molecule has 0 amide bonds. The third-order valence-corrected chi connectivity index (χ3v) is 12.5. The molecule has 0 radical (unpaired) electrons. The zero-order valence-corrected chi connectivity index (χ0v) is 30.0. The fraction of sp³-hybridized carbons (Fsp3) is 0.0943. The Kier molecular flexibility index (Phi) is 6.53. The summed E-state index contributed by atoms with van der Waals surface area (Å²) in [6.45, 7) is 4.91.